The molecule has 0 saturated carbocycles. The fourth-order valence-electron chi connectivity index (χ4n) is 3.67. The lowest BCUT2D eigenvalue weighted by atomic mass is 9.95. The van der Waals surface area contributed by atoms with E-state index in [0.29, 0.717) is 28.8 Å². The predicted octanol–water partition coefficient (Wildman–Crippen LogP) is 5.32. The molecule has 2 heterocycles. The molecule has 0 radical (unpaired) electrons. The van der Waals surface area contributed by atoms with Crippen molar-refractivity contribution in [2.45, 2.75) is 19.8 Å². The minimum absolute atomic E-state index is 0.0239. The minimum atomic E-state index is -0.278. The lowest BCUT2D eigenvalue weighted by Gasteiger charge is -2.34. The van der Waals surface area contributed by atoms with Crippen LogP contribution in [0.2, 0.25) is 5.02 Å². The third-order valence-corrected chi connectivity index (χ3v) is 6.38. The molecule has 7 heteroatoms. The monoisotopic (exact) mass is 439 g/mol. The van der Waals surface area contributed by atoms with Crippen LogP contribution in [0.4, 0.5) is 10.8 Å². The Morgan fingerprint density at radius 3 is 2.53 bits per heavy atom. The average molecular weight is 440 g/mol. The number of aryl methyl sites for hydroxylation is 1. The Labute approximate surface area is 184 Å². The normalized spacial score (nSPS) is 16.3. The Hall–Kier alpha value is -2.70. The molecule has 2 amide bonds. The summed E-state index contributed by atoms with van der Waals surface area (Å²) in [7, 11) is 0. The first-order valence-corrected chi connectivity index (χ1v) is 11.1. The zero-order valence-electron chi connectivity index (χ0n) is 16.6. The number of benzene rings is 2. The summed E-state index contributed by atoms with van der Waals surface area (Å²) >= 11 is 7.39. The highest BCUT2D eigenvalue weighted by molar-refractivity contribution is 7.14. The molecule has 0 spiro atoms. The summed E-state index contributed by atoms with van der Waals surface area (Å²) in [5, 5.41) is 3.19. The molecule has 3 aromatic rings. The molecule has 1 atom stereocenters. The van der Waals surface area contributed by atoms with Crippen LogP contribution in [0.5, 0.6) is 0 Å². The number of rotatable bonds is 4. The van der Waals surface area contributed by atoms with Gasteiger partial charge in [-0.2, -0.15) is 0 Å². The van der Waals surface area contributed by atoms with Crippen molar-refractivity contribution in [3.63, 3.8) is 0 Å². The van der Waals surface area contributed by atoms with E-state index in [1.807, 2.05) is 42.6 Å². The summed E-state index contributed by atoms with van der Waals surface area (Å²) in [5.74, 6) is -0.371. The van der Waals surface area contributed by atoms with Crippen LogP contribution in [0.3, 0.4) is 0 Å². The summed E-state index contributed by atoms with van der Waals surface area (Å²) in [6, 6.07) is 16.4. The van der Waals surface area contributed by atoms with Gasteiger partial charge in [0, 0.05) is 29.1 Å². The maximum atomic E-state index is 13.6. The Morgan fingerprint density at radius 2 is 1.87 bits per heavy atom. The zero-order chi connectivity index (χ0) is 21.1. The molecule has 1 unspecified atom stereocenters. The second-order valence-electron chi connectivity index (χ2n) is 7.38. The van der Waals surface area contributed by atoms with Crippen LogP contribution >= 0.6 is 22.9 Å². The van der Waals surface area contributed by atoms with Crippen LogP contribution in [-0.2, 0) is 4.79 Å². The Kier molecular flexibility index (Phi) is 6.16. The molecule has 1 aromatic heterocycles. The van der Waals surface area contributed by atoms with Crippen LogP contribution < -0.4 is 4.90 Å². The van der Waals surface area contributed by atoms with Crippen molar-refractivity contribution < 1.29 is 9.59 Å². The molecule has 30 heavy (non-hydrogen) atoms. The maximum absolute atomic E-state index is 13.6. The van der Waals surface area contributed by atoms with Gasteiger partial charge in [0.15, 0.2) is 5.13 Å². The highest BCUT2D eigenvalue weighted by atomic mass is 35.5. The summed E-state index contributed by atoms with van der Waals surface area (Å²) < 4.78 is 0. The van der Waals surface area contributed by atoms with Gasteiger partial charge in [-0.05, 0) is 56.2 Å². The second-order valence-corrected chi connectivity index (χ2v) is 8.65. The SMILES string of the molecule is Cc1csc(N(C(=O)C2CCCN(C(=O)c3ccc(Cl)cc3)C2)c2ccccc2)n1. The first-order valence-electron chi connectivity index (χ1n) is 9.89. The number of thiazole rings is 1. The van der Waals surface area contributed by atoms with Crippen molar-refractivity contribution in [1.82, 2.24) is 9.88 Å². The van der Waals surface area contributed by atoms with E-state index in [9.17, 15) is 9.59 Å². The molecule has 0 N–H and O–H groups in total. The average Bonchev–Trinajstić information content (AvgIpc) is 3.20. The lowest BCUT2D eigenvalue weighted by Crippen LogP contribution is -2.45. The van der Waals surface area contributed by atoms with E-state index in [2.05, 4.69) is 4.98 Å². The topological polar surface area (TPSA) is 53.5 Å². The first-order chi connectivity index (χ1) is 14.5. The number of piperidine rings is 1. The molecule has 0 aliphatic carbocycles. The fraction of sp³-hybridized carbons (Fsp3) is 0.261. The Balaban J connectivity index is 1.57. The number of carbonyl (C=O) groups excluding carboxylic acids is 2. The summed E-state index contributed by atoms with van der Waals surface area (Å²) in [6.07, 6.45) is 1.53. The van der Waals surface area contributed by atoms with Crippen LogP contribution in [0.15, 0.2) is 60.0 Å². The molecule has 5 nitrogen and oxygen atoms in total. The fourth-order valence-corrected chi connectivity index (χ4v) is 4.63. The largest absolute Gasteiger partial charge is 0.338 e. The Bertz CT molecular complexity index is 1040. The lowest BCUT2D eigenvalue weighted by molar-refractivity contribution is -0.122. The molecule has 154 valence electrons. The van der Waals surface area contributed by atoms with Crippen LogP contribution in [0, 0.1) is 12.8 Å². The van der Waals surface area contributed by atoms with Gasteiger partial charge in [0.2, 0.25) is 5.91 Å². The number of anilines is 2. The third-order valence-electron chi connectivity index (χ3n) is 5.18. The summed E-state index contributed by atoms with van der Waals surface area (Å²) in [5.41, 5.74) is 2.26. The van der Waals surface area contributed by atoms with E-state index in [1.54, 1.807) is 34.1 Å². The molecule has 1 fully saturated rings. The minimum Gasteiger partial charge on any atom is -0.338 e. The second kappa shape index (κ2) is 8.98. The van der Waals surface area contributed by atoms with Crippen molar-refractivity contribution in [3.8, 4) is 0 Å². The number of carbonyl (C=O) groups is 2. The van der Waals surface area contributed by atoms with Gasteiger partial charge in [0.25, 0.3) is 5.91 Å². The van der Waals surface area contributed by atoms with Gasteiger partial charge in [0.05, 0.1) is 17.3 Å². The molecular weight excluding hydrogens is 418 g/mol. The number of likely N-dealkylation sites (tertiary alicyclic amines) is 1. The van der Waals surface area contributed by atoms with Crippen LogP contribution in [-0.4, -0.2) is 34.8 Å². The summed E-state index contributed by atoms with van der Waals surface area (Å²) in [4.78, 5) is 34.5. The zero-order valence-corrected chi connectivity index (χ0v) is 18.2. The number of amides is 2. The van der Waals surface area contributed by atoms with Crippen molar-refractivity contribution >= 4 is 45.6 Å². The van der Waals surface area contributed by atoms with E-state index in [1.165, 1.54) is 11.3 Å². The molecule has 4 rings (SSSR count). The van der Waals surface area contributed by atoms with E-state index in [-0.39, 0.29) is 17.7 Å². The van der Waals surface area contributed by atoms with Gasteiger partial charge in [0.1, 0.15) is 0 Å². The highest BCUT2D eigenvalue weighted by Gasteiger charge is 2.33. The summed E-state index contributed by atoms with van der Waals surface area (Å²) in [6.45, 7) is 2.96. The predicted molar refractivity (Wildman–Crippen MR) is 121 cm³/mol. The van der Waals surface area contributed by atoms with Crippen molar-refractivity contribution in [2.24, 2.45) is 5.92 Å². The van der Waals surface area contributed by atoms with Crippen molar-refractivity contribution in [3.05, 3.63) is 76.3 Å². The standard InChI is InChI=1S/C23H22ClN3O2S/c1-16-15-30-23(25-16)27(20-7-3-2-4-8-20)22(29)18-6-5-13-26(14-18)21(28)17-9-11-19(24)12-10-17/h2-4,7-12,15,18H,5-6,13-14H2,1H3. The number of halogens is 1. The number of nitrogens with zero attached hydrogens (tertiary/aromatic N) is 3. The molecule has 2 aromatic carbocycles. The molecular formula is C23H22ClN3O2S. The van der Waals surface area contributed by atoms with Crippen LogP contribution in [0.25, 0.3) is 0 Å². The van der Waals surface area contributed by atoms with Gasteiger partial charge in [-0.3, -0.25) is 14.5 Å². The number of hydrogen-bond acceptors (Lipinski definition) is 4. The van der Waals surface area contributed by atoms with Gasteiger partial charge >= 0.3 is 0 Å². The van der Waals surface area contributed by atoms with Gasteiger partial charge in [-0.1, -0.05) is 29.8 Å². The molecule has 1 aliphatic rings. The van der Waals surface area contributed by atoms with E-state index >= 15 is 0 Å². The van der Waals surface area contributed by atoms with Gasteiger partial charge < -0.3 is 4.90 Å². The third kappa shape index (κ3) is 4.40. The van der Waals surface area contributed by atoms with Gasteiger partial charge in [-0.15, -0.1) is 11.3 Å². The quantitative estimate of drug-likeness (QED) is 0.552. The van der Waals surface area contributed by atoms with E-state index in [4.69, 9.17) is 11.6 Å². The van der Waals surface area contributed by atoms with Gasteiger partial charge in [-0.25, -0.2) is 4.98 Å². The van der Waals surface area contributed by atoms with E-state index < -0.39 is 0 Å². The van der Waals surface area contributed by atoms with Crippen molar-refractivity contribution in [2.75, 3.05) is 18.0 Å². The Morgan fingerprint density at radius 1 is 1.13 bits per heavy atom. The van der Waals surface area contributed by atoms with E-state index in [0.717, 1.165) is 24.2 Å². The maximum Gasteiger partial charge on any atom is 0.253 e. The molecule has 0 bridgehead atoms. The molecule has 1 aliphatic heterocycles. The van der Waals surface area contributed by atoms with Crippen LogP contribution in [0.1, 0.15) is 28.9 Å². The number of para-hydroxylation sites is 1. The smallest absolute Gasteiger partial charge is 0.253 e. The van der Waals surface area contributed by atoms with Crippen molar-refractivity contribution in [1.29, 1.82) is 0 Å². The first kappa shape index (κ1) is 20.6. The molecule has 1 saturated heterocycles. The number of aromatic nitrogens is 1. The highest BCUT2D eigenvalue weighted by Crippen LogP contribution is 2.32. The number of hydrogen-bond donors (Lipinski definition) is 0.